The zero-order valence-electron chi connectivity index (χ0n) is 18.3. The Labute approximate surface area is 185 Å². The van der Waals surface area contributed by atoms with Crippen LogP contribution in [0.2, 0.25) is 0 Å². The molecule has 0 aromatic heterocycles. The van der Waals surface area contributed by atoms with Gasteiger partial charge in [-0.25, -0.2) is 8.42 Å². The summed E-state index contributed by atoms with van der Waals surface area (Å²) < 4.78 is 25.6. The molecule has 0 bridgehead atoms. The van der Waals surface area contributed by atoms with E-state index in [9.17, 15) is 18.0 Å². The minimum Gasteiger partial charge on any atom is -0.326 e. The van der Waals surface area contributed by atoms with Crippen molar-refractivity contribution in [3.63, 3.8) is 0 Å². The van der Waals surface area contributed by atoms with E-state index in [2.05, 4.69) is 17.6 Å². The van der Waals surface area contributed by atoms with Gasteiger partial charge in [0, 0.05) is 24.7 Å². The predicted molar refractivity (Wildman–Crippen MR) is 124 cm³/mol. The smallest absolute Gasteiger partial charge is 0.224 e. The molecule has 2 amide bonds. The highest BCUT2D eigenvalue weighted by molar-refractivity contribution is 7.91. The summed E-state index contributed by atoms with van der Waals surface area (Å²) in [6.45, 7) is 3.58. The molecule has 6 nitrogen and oxygen atoms in total. The largest absolute Gasteiger partial charge is 0.326 e. The third-order valence-corrected chi connectivity index (χ3v) is 6.73. The average Bonchev–Trinajstić information content (AvgIpc) is 2.73. The normalized spacial score (nSPS) is 11.2. The SMILES string of the molecule is CCCCCCCCCC(=O)Nc1ccc(S(=O)(=O)c2ccc(NC(C)=O)cc2)cc1. The van der Waals surface area contributed by atoms with Gasteiger partial charge in [0.2, 0.25) is 21.7 Å². The molecular weight excluding hydrogens is 412 g/mol. The van der Waals surface area contributed by atoms with Gasteiger partial charge in [0.1, 0.15) is 0 Å². The number of anilines is 2. The minimum atomic E-state index is -3.68. The van der Waals surface area contributed by atoms with Crippen LogP contribution in [-0.4, -0.2) is 20.2 Å². The molecule has 0 heterocycles. The predicted octanol–water partition coefficient (Wildman–Crippen LogP) is 5.56. The molecule has 168 valence electrons. The van der Waals surface area contributed by atoms with Crippen LogP contribution in [0.3, 0.4) is 0 Å². The molecule has 0 aliphatic heterocycles. The van der Waals surface area contributed by atoms with Gasteiger partial charge in [0.05, 0.1) is 9.79 Å². The Balaban J connectivity index is 1.87. The summed E-state index contributed by atoms with van der Waals surface area (Å²) in [5, 5.41) is 5.43. The summed E-state index contributed by atoms with van der Waals surface area (Å²) in [5.41, 5.74) is 1.11. The monoisotopic (exact) mass is 444 g/mol. The summed E-state index contributed by atoms with van der Waals surface area (Å²) in [7, 11) is -3.68. The van der Waals surface area contributed by atoms with Crippen LogP contribution < -0.4 is 10.6 Å². The van der Waals surface area contributed by atoms with Crippen molar-refractivity contribution in [3.05, 3.63) is 48.5 Å². The van der Waals surface area contributed by atoms with Gasteiger partial charge >= 0.3 is 0 Å². The standard InChI is InChI=1S/C24H32N2O4S/c1-3-4-5-6-7-8-9-10-24(28)26-21-13-17-23(18-14-21)31(29,30)22-15-11-20(12-16-22)25-19(2)27/h11-18H,3-10H2,1-2H3,(H,25,27)(H,26,28). The van der Waals surface area contributed by atoms with E-state index in [-0.39, 0.29) is 21.6 Å². The number of carbonyl (C=O) groups is 2. The van der Waals surface area contributed by atoms with E-state index in [1.54, 1.807) is 24.3 Å². The van der Waals surface area contributed by atoms with E-state index >= 15 is 0 Å². The van der Waals surface area contributed by atoms with Gasteiger partial charge in [-0.2, -0.15) is 0 Å². The van der Waals surface area contributed by atoms with E-state index in [0.717, 1.165) is 19.3 Å². The maximum Gasteiger partial charge on any atom is 0.224 e. The molecule has 0 radical (unpaired) electrons. The van der Waals surface area contributed by atoms with Gasteiger partial charge < -0.3 is 10.6 Å². The molecule has 7 heteroatoms. The number of hydrogen-bond donors (Lipinski definition) is 2. The Morgan fingerprint density at radius 2 is 1.16 bits per heavy atom. The van der Waals surface area contributed by atoms with Crippen molar-refractivity contribution in [1.82, 2.24) is 0 Å². The molecule has 0 unspecified atom stereocenters. The molecule has 0 saturated carbocycles. The topological polar surface area (TPSA) is 92.3 Å². The van der Waals surface area contributed by atoms with Crippen LogP contribution >= 0.6 is 0 Å². The fourth-order valence-electron chi connectivity index (χ4n) is 3.24. The quantitative estimate of drug-likeness (QED) is 0.419. The van der Waals surface area contributed by atoms with Crippen molar-refractivity contribution in [2.75, 3.05) is 10.6 Å². The second kappa shape index (κ2) is 12.2. The highest BCUT2D eigenvalue weighted by Gasteiger charge is 2.17. The fourth-order valence-corrected chi connectivity index (χ4v) is 4.50. The van der Waals surface area contributed by atoms with Crippen molar-refractivity contribution in [2.45, 2.75) is 75.0 Å². The number of hydrogen-bond acceptors (Lipinski definition) is 4. The zero-order chi connectivity index (χ0) is 22.7. The second-order valence-electron chi connectivity index (χ2n) is 7.65. The number of carbonyl (C=O) groups excluding carboxylic acids is 2. The van der Waals surface area contributed by atoms with Crippen LogP contribution in [0.5, 0.6) is 0 Å². The van der Waals surface area contributed by atoms with Crippen LogP contribution in [-0.2, 0) is 19.4 Å². The molecule has 0 spiro atoms. The van der Waals surface area contributed by atoms with Crippen LogP contribution in [0, 0.1) is 0 Å². The first-order valence-corrected chi connectivity index (χ1v) is 12.3. The molecule has 0 aliphatic carbocycles. The maximum absolute atomic E-state index is 12.8. The lowest BCUT2D eigenvalue weighted by Crippen LogP contribution is -2.11. The average molecular weight is 445 g/mol. The van der Waals surface area contributed by atoms with Crippen molar-refractivity contribution >= 4 is 33.0 Å². The lowest BCUT2D eigenvalue weighted by molar-refractivity contribution is -0.116. The number of unbranched alkanes of at least 4 members (excludes halogenated alkanes) is 6. The van der Waals surface area contributed by atoms with Crippen molar-refractivity contribution in [3.8, 4) is 0 Å². The molecule has 31 heavy (non-hydrogen) atoms. The van der Waals surface area contributed by atoms with Crippen LogP contribution in [0.4, 0.5) is 11.4 Å². The summed E-state index contributed by atoms with van der Waals surface area (Å²) in [4.78, 5) is 23.5. The van der Waals surface area contributed by atoms with E-state index in [0.29, 0.717) is 17.8 Å². The lowest BCUT2D eigenvalue weighted by Gasteiger charge is -2.09. The molecular formula is C24H32N2O4S. The Kier molecular flexibility index (Phi) is 9.72. The Bertz CT molecular complexity index is 952. The molecule has 2 rings (SSSR count). The van der Waals surface area contributed by atoms with Gasteiger partial charge in [-0.1, -0.05) is 45.4 Å². The van der Waals surface area contributed by atoms with Crippen LogP contribution in [0.1, 0.15) is 65.2 Å². The fraction of sp³-hybridized carbons (Fsp3) is 0.417. The van der Waals surface area contributed by atoms with E-state index in [1.165, 1.54) is 56.9 Å². The number of benzene rings is 2. The molecule has 2 aromatic rings. The first-order valence-electron chi connectivity index (χ1n) is 10.9. The number of sulfone groups is 1. The third-order valence-electron chi connectivity index (χ3n) is 4.94. The van der Waals surface area contributed by atoms with Crippen LogP contribution in [0.15, 0.2) is 58.3 Å². The second-order valence-corrected chi connectivity index (χ2v) is 9.60. The highest BCUT2D eigenvalue weighted by Crippen LogP contribution is 2.24. The molecule has 0 fully saturated rings. The summed E-state index contributed by atoms with van der Waals surface area (Å²) in [6, 6.07) is 12.2. The summed E-state index contributed by atoms with van der Waals surface area (Å²) in [6.07, 6.45) is 8.52. The van der Waals surface area contributed by atoms with Gasteiger partial charge in [-0.15, -0.1) is 0 Å². The Hall–Kier alpha value is -2.67. The van der Waals surface area contributed by atoms with Crippen molar-refractivity contribution < 1.29 is 18.0 Å². The number of amides is 2. The van der Waals surface area contributed by atoms with Gasteiger partial charge in [-0.05, 0) is 55.0 Å². The van der Waals surface area contributed by atoms with Crippen LogP contribution in [0.25, 0.3) is 0 Å². The highest BCUT2D eigenvalue weighted by atomic mass is 32.2. The molecule has 2 N–H and O–H groups in total. The minimum absolute atomic E-state index is 0.0577. The van der Waals surface area contributed by atoms with E-state index < -0.39 is 9.84 Å². The summed E-state index contributed by atoms with van der Waals surface area (Å²) in [5.74, 6) is -0.280. The third kappa shape index (κ3) is 8.17. The molecule has 0 aliphatic rings. The van der Waals surface area contributed by atoms with Crippen molar-refractivity contribution in [2.24, 2.45) is 0 Å². The van der Waals surface area contributed by atoms with Gasteiger partial charge in [-0.3, -0.25) is 9.59 Å². The molecule has 0 atom stereocenters. The number of nitrogens with one attached hydrogen (secondary N) is 2. The number of rotatable bonds is 12. The first-order chi connectivity index (χ1) is 14.8. The van der Waals surface area contributed by atoms with Gasteiger partial charge in [0.15, 0.2) is 0 Å². The van der Waals surface area contributed by atoms with Crippen molar-refractivity contribution in [1.29, 1.82) is 0 Å². The Morgan fingerprint density at radius 3 is 1.65 bits per heavy atom. The summed E-state index contributed by atoms with van der Waals surface area (Å²) >= 11 is 0. The lowest BCUT2D eigenvalue weighted by atomic mass is 10.1. The molecule has 0 saturated heterocycles. The van der Waals surface area contributed by atoms with Gasteiger partial charge in [0.25, 0.3) is 0 Å². The first kappa shape index (κ1) is 24.6. The zero-order valence-corrected chi connectivity index (χ0v) is 19.1. The maximum atomic E-state index is 12.8. The van der Waals surface area contributed by atoms with E-state index in [4.69, 9.17) is 0 Å². The molecule has 2 aromatic carbocycles. The van der Waals surface area contributed by atoms with E-state index in [1.807, 2.05) is 0 Å². The Morgan fingerprint density at radius 1 is 0.710 bits per heavy atom.